The molecule has 1 atom stereocenters. The van der Waals surface area contributed by atoms with Crippen molar-refractivity contribution in [3.63, 3.8) is 0 Å². The number of carboxylic acid groups (broad SMARTS) is 1. The second-order valence-electron chi connectivity index (χ2n) is 11.9. The maximum Gasteiger partial charge on any atom is 0.404 e. The molecule has 1 amide bonds. The van der Waals surface area contributed by atoms with Crippen molar-refractivity contribution in [1.82, 2.24) is 15.0 Å². The quantitative estimate of drug-likeness (QED) is 0.262. The standard InChI is InChI=1S/C28H35F4N3O6S2/c1-14(28(30,31)32)35-43(40,41)20-10-9-18(22(29)21(20)27(2,3)39)23-19(11-15-7-5-4-6-8-15)34-25(42-23)24(36)33-17-12-16(13-17)26(37)38/h9-10,14-17,35,39H,4-8,11-13H2,1-3H3,(H,33,36)(H,37,38)/t14-,16-,17-/m0/s1. The molecule has 0 unspecified atom stereocenters. The highest BCUT2D eigenvalue weighted by atomic mass is 32.2. The highest BCUT2D eigenvalue weighted by Crippen LogP contribution is 2.41. The summed E-state index contributed by atoms with van der Waals surface area (Å²) >= 11 is 0.879. The van der Waals surface area contributed by atoms with Gasteiger partial charge in [-0.1, -0.05) is 32.1 Å². The van der Waals surface area contributed by atoms with Crippen LogP contribution in [0, 0.1) is 17.7 Å². The summed E-state index contributed by atoms with van der Waals surface area (Å²) in [6.07, 6.45) is 1.00. The van der Waals surface area contributed by atoms with E-state index in [9.17, 15) is 36.3 Å². The van der Waals surface area contributed by atoms with Gasteiger partial charge in [-0.05, 0) is 58.1 Å². The summed E-state index contributed by atoms with van der Waals surface area (Å²) in [6.45, 7) is 2.86. The van der Waals surface area contributed by atoms with Gasteiger partial charge in [0.15, 0.2) is 5.01 Å². The van der Waals surface area contributed by atoms with E-state index in [0.29, 0.717) is 19.0 Å². The third kappa shape index (κ3) is 7.55. The van der Waals surface area contributed by atoms with Crippen molar-refractivity contribution in [3.8, 4) is 10.4 Å². The predicted octanol–water partition coefficient (Wildman–Crippen LogP) is 5.12. The lowest BCUT2D eigenvalue weighted by atomic mass is 9.80. The molecule has 1 heterocycles. The minimum atomic E-state index is -4.93. The molecule has 238 valence electrons. The molecule has 4 N–H and O–H groups in total. The SMILES string of the molecule is C[C@H](NS(=O)(=O)c1ccc(-c2sc(C(=O)N[C@H]3C[C@H](C(=O)O)C3)nc2CC2CCCCC2)c(F)c1C(C)(C)O)C(F)(F)F. The number of carboxylic acids is 1. The molecule has 15 heteroatoms. The molecule has 0 radical (unpaired) electrons. The summed E-state index contributed by atoms with van der Waals surface area (Å²) in [7, 11) is -4.93. The van der Waals surface area contributed by atoms with Crippen LogP contribution in [0.25, 0.3) is 10.4 Å². The van der Waals surface area contributed by atoms with Gasteiger partial charge in [0, 0.05) is 17.2 Å². The highest BCUT2D eigenvalue weighted by Gasteiger charge is 2.41. The van der Waals surface area contributed by atoms with Crippen LogP contribution in [-0.4, -0.2) is 53.8 Å². The van der Waals surface area contributed by atoms with Gasteiger partial charge in [0.1, 0.15) is 11.9 Å². The van der Waals surface area contributed by atoms with E-state index in [1.807, 2.05) is 0 Å². The summed E-state index contributed by atoms with van der Waals surface area (Å²) < 4.78 is 83.3. The molecule has 0 spiro atoms. The monoisotopic (exact) mass is 649 g/mol. The molecular weight excluding hydrogens is 614 g/mol. The zero-order chi connectivity index (χ0) is 31.9. The number of halogens is 4. The highest BCUT2D eigenvalue weighted by molar-refractivity contribution is 7.89. The molecule has 0 bridgehead atoms. The number of hydrogen-bond acceptors (Lipinski definition) is 7. The lowest BCUT2D eigenvalue weighted by Gasteiger charge is -2.32. The molecule has 1 aromatic carbocycles. The zero-order valence-corrected chi connectivity index (χ0v) is 25.6. The average molecular weight is 650 g/mol. The molecule has 0 aliphatic heterocycles. The average Bonchev–Trinajstić information content (AvgIpc) is 3.27. The fourth-order valence-corrected chi connectivity index (χ4v) is 8.13. The number of hydrogen-bond donors (Lipinski definition) is 4. The summed E-state index contributed by atoms with van der Waals surface area (Å²) in [5.74, 6) is -2.97. The molecule has 2 saturated carbocycles. The molecule has 2 aromatic rings. The Morgan fingerprint density at radius 2 is 1.77 bits per heavy atom. The van der Waals surface area contributed by atoms with Gasteiger partial charge in [-0.25, -0.2) is 17.8 Å². The Hall–Kier alpha value is -2.62. The number of thiazole rings is 1. The molecule has 1 aromatic heterocycles. The number of benzene rings is 1. The van der Waals surface area contributed by atoms with Crippen molar-refractivity contribution in [3.05, 3.63) is 34.2 Å². The number of alkyl halides is 3. The van der Waals surface area contributed by atoms with E-state index in [1.165, 1.54) is 4.72 Å². The Morgan fingerprint density at radius 3 is 2.33 bits per heavy atom. The number of rotatable bonds is 10. The number of aliphatic carboxylic acids is 1. The van der Waals surface area contributed by atoms with Crippen LogP contribution in [0.15, 0.2) is 17.0 Å². The second-order valence-corrected chi connectivity index (χ2v) is 14.6. The summed E-state index contributed by atoms with van der Waals surface area (Å²) in [4.78, 5) is 28.1. The van der Waals surface area contributed by atoms with Crippen molar-refractivity contribution in [2.24, 2.45) is 11.8 Å². The van der Waals surface area contributed by atoms with Crippen LogP contribution in [0.1, 0.15) is 86.8 Å². The van der Waals surface area contributed by atoms with Crippen LogP contribution in [0.2, 0.25) is 0 Å². The van der Waals surface area contributed by atoms with Crippen LogP contribution in [-0.2, 0) is 26.8 Å². The van der Waals surface area contributed by atoms with E-state index in [2.05, 4.69) is 10.3 Å². The van der Waals surface area contributed by atoms with Gasteiger partial charge in [-0.2, -0.15) is 17.9 Å². The minimum Gasteiger partial charge on any atom is -0.481 e. The number of carbonyl (C=O) groups excluding carboxylic acids is 1. The van der Waals surface area contributed by atoms with Crippen LogP contribution in [0.4, 0.5) is 17.6 Å². The molecule has 2 aliphatic rings. The topological polar surface area (TPSA) is 146 Å². The maximum atomic E-state index is 16.3. The van der Waals surface area contributed by atoms with Gasteiger partial charge in [0.25, 0.3) is 5.91 Å². The Kier molecular flexibility index (Phi) is 9.60. The normalized spacial score (nSPS) is 20.8. The second kappa shape index (κ2) is 12.4. The first-order chi connectivity index (χ1) is 19.9. The summed E-state index contributed by atoms with van der Waals surface area (Å²) in [6, 6.07) is -0.764. The van der Waals surface area contributed by atoms with E-state index in [4.69, 9.17) is 5.11 Å². The maximum absolute atomic E-state index is 16.3. The van der Waals surface area contributed by atoms with Gasteiger partial charge in [-0.3, -0.25) is 9.59 Å². The Labute approximate surface area is 251 Å². The lowest BCUT2D eigenvalue weighted by molar-refractivity contribution is -0.147. The molecule has 9 nitrogen and oxygen atoms in total. The number of nitrogens with zero attached hydrogens (tertiary/aromatic N) is 1. The van der Waals surface area contributed by atoms with Gasteiger partial charge >= 0.3 is 12.1 Å². The first-order valence-corrected chi connectivity index (χ1v) is 16.4. The Balaban J connectivity index is 1.75. The lowest BCUT2D eigenvalue weighted by Crippen LogP contribution is -2.46. The molecule has 43 heavy (non-hydrogen) atoms. The first-order valence-electron chi connectivity index (χ1n) is 14.1. The van der Waals surface area contributed by atoms with E-state index in [1.54, 1.807) is 0 Å². The minimum absolute atomic E-state index is 0.0150. The van der Waals surface area contributed by atoms with Gasteiger partial charge in [-0.15, -0.1) is 11.3 Å². The van der Waals surface area contributed by atoms with Gasteiger partial charge in [0.2, 0.25) is 10.0 Å². The number of sulfonamides is 1. The third-order valence-electron chi connectivity index (χ3n) is 7.99. The molecule has 2 aliphatic carbocycles. The van der Waals surface area contributed by atoms with Crippen LogP contribution in [0.3, 0.4) is 0 Å². The molecule has 0 saturated heterocycles. The van der Waals surface area contributed by atoms with Crippen molar-refractivity contribution >= 4 is 33.2 Å². The van der Waals surface area contributed by atoms with Crippen LogP contribution >= 0.6 is 11.3 Å². The number of carbonyl (C=O) groups is 2. The number of aromatic nitrogens is 1. The third-order valence-corrected chi connectivity index (χ3v) is 10.7. The first kappa shape index (κ1) is 33.3. The smallest absolute Gasteiger partial charge is 0.404 e. The fourth-order valence-electron chi connectivity index (χ4n) is 5.54. The summed E-state index contributed by atoms with van der Waals surface area (Å²) in [5.41, 5.74) is -2.56. The molecule has 2 fully saturated rings. The molecular formula is C28H35F4N3O6S2. The van der Waals surface area contributed by atoms with Gasteiger partial charge < -0.3 is 15.5 Å². The van der Waals surface area contributed by atoms with Crippen molar-refractivity contribution in [2.45, 2.75) is 101 Å². The number of aliphatic hydroxyl groups is 1. The van der Waals surface area contributed by atoms with E-state index in [0.717, 1.165) is 69.4 Å². The van der Waals surface area contributed by atoms with Crippen LogP contribution < -0.4 is 10.0 Å². The Bertz CT molecular complexity index is 1470. The number of amides is 1. The van der Waals surface area contributed by atoms with Crippen molar-refractivity contribution < 1.29 is 45.8 Å². The van der Waals surface area contributed by atoms with Gasteiger partial charge in [0.05, 0.1) is 27.0 Å². The fraction of sp³-hybridized carbons (Fsp3) is 0.607. The van der Waals surface area contributed by atoms with E-state index in [-0.39, 0.29) is 40.2 Å². The predicted molar refractivity (Wildman–Crippen MR) is 150 cm³/mol. The number of nitrogens with one attached hydrogen (secondary N) is 2. The van der Waals surface area contributed by atoms with E-state index >= 15 is 4.39 Å². The van der Waals surface area contributed by atoms with E-state index < -0.39 is 61.9 Å². The summed E-state index contributed by atoms with van der Waals surface area (Å²) in [5, 5.41) is 22.7. The molecule has 4 rings (SSSR count). The van der Waals surface area contributed by atoms with Crippen LogP contribution in [0.5, 0.6) is 0 Å². The van der Waals surface area contributed by atoms with Crippen molar-refractivity contribution in [1.29, 1.82) is 0 Å². The Morgan fingerprint density at radius 1 is 1.14 bits per heavy atom. The van der Waals surface area contributed by atoms with Crippen molar-refractivity contribution in [2.75, 3.05) is 0 Å². The largest absolute Gasteiger partial charge is 0.481 e. The zero-order valence-electron chi connectivity index (χ0n) is 23.9.